The van der Waals surface area contributed by atoms with E-state index in [9.17, 15) is 14.0 Å². The van der Waals surface area contributed by atoms with E-state index >= 15 is 0 Å². The summed E-state index contributed by atoms with van der Waals surface area (Å²) >= 11 is 3.54. The lowest BCUT2D eigenvalue weighted by molar-refractivity contribution is -0.158. The summed E-state index contributed by atoms with van der Waals surface area (Å²) in [7, 11) is 0. The van der Waals surface area contributed by atoms with E-state index in [1.807, 2.05) is 93.6 Å². The molecule has 2 unspecified atom stereocenters. The van der Waals surface area contributed by atoms with E-state index < -0.39 is 12.3 Å². The van der Waals surface area contributed by atoms with Crippen molar-refractivity contribution in [2.75, 3.05) is 6.54 Å². The first-order valence-corrected chi connectivity index (χ1v) is 14.4. The summed E-state index contributed by atoms with van der Waals surface area (Å²) < 4.78 is 19.6. The van der Waals surface area contributed by atoms with Gasteiger partial charge in [0, 0.05) is 40.7 Å². The molecule has 0 saturated heterocycles. The first kappa shape index (κ1) is 29.4. The van der Waals surface area contributed by atoms with Gasteiger partial charge in [0.1, 0.15) is 0 Å². The largest absolute Gasteiger partial charge is 0.431 e. The minimum atomic E-state index is -1.59. The van der Waals surface area contributed by atoms with Crippen LogP contribution in [0.5, 0.6) is 0 Å². The SMILES string of the molecule is CCCC(F)OC(=O)CCC(CNC(=O)c1c(C)c(-c2ccccc2)nc2ccc(Br)cc12)c1ccccc1C. The summed E-state index contributed by atoms with van der Waals surface area (Å²) in [6.07, 6.45) is -0.335. The van der Waals surface area contributed by atoms with Crippen molar-refractivity contribution in [3.63, 3.8) is 0 Å². The van der Waals surface area contributed by atoms with Gasteiger partial charge in [-0.1, -0.05) is 77.5 Å². The van der Waals surface area contributed by atoms with Gasteiger partial charge in [-0.15, -0.1) is 0 Å². The number of nitrogens with zero attached hydrogens (tertiary/aromatic N) is 1. The first-order valence-electron chi connectivity index (χ1n) is 13.6. The summed E-state index contributed by atoms with van der Waals surface area (Å²) in [6.45, 7) is 6.07. The number of halogens is 2. The monoisotopic (exact) mass is 604 g/mol. The van der Waals surface area contributed by atoms with Crippen LogP contribution in [0.4, 0.5) is 4.39 Å². The fourth-order valence-corrected chi connectivity index (χ4v) is 5.36. The number of aromatic nitrogens is 1. The minimum absolute atomic E-state index is 0.0569. The number of hydrogen-bond donors (Lipinski definition) is 1. The highest BCUT2D eigenvalue weighted by molar-refractivity contribution is 9.10. The molecule has 0 fully saturated rings. The number of fused-ring (bicyclic) bond motifs is 1. The number of aryl methyl sites for hydroxylation is 1. The van der Waals surface area contributed by atoms with Crippen molar-refractivity contribution < 1.29 is 18.7 Å². The number of nitrogens with one attached hydrogen (secondary N) is 1. The van der Waals surface area contributed by atoms with Gasteiger partial charge in [-0.05, 0) is 61.6 Å². The van der Waals surface area contributed by atoms with Crippen molar-refractivity contribution in [1.29, 1.82) is 0 Å². The lowest BCUT2D eigenvalue weighted by Gasteiger charge is -2.21. The van der Waals surface area contributed by atoms with Crippen molar-refractivity contribution in [2.24, 2.45) is 0 Å². The highest BCUT2D eigenvalue weighted by atomic mass is 79.9. The standard InChI is InChI=1S/C33H34BrFN2O3/c1-4-10-29(35)40-30(38)18-15-24(26-14-9-8-11-21(26)2)20-36-33(39)31-22(3)32(23-12-6-5-7-13-23)37-28-17-16-25(34)19-27(28)31/h5-9,11-14,16-17,19,24,29H,4,10,15,18,20H2,1-3H3,(H,36,39). The topological polar surface area (TPSA) is 68.3 Å². The van der Waals surface area contributed by atoms with E-state index in [0.717, 1.165) is 43.3 Å². The second kappa shape index (κ2) is 13.7. The van der Waals surface area contributed by atoms with E-state index in [4.69, 9.17) is 9.72 Å². The second-order valence-electron chi connectivity index (χ2n) is 9.98. The Morgan fingerprint density at radius 1 is 1.00 bits per heavy atom. The molecule has 0 aliphatic rings. The number of ether oxygens (including phenoxy) is 1. The molecule has 40 heavy (non-hydrogen) atoms. The summed E-state index contributed by atoms with van der Waals surface area (Å²) in [6, 6.07) is 23.5. The molecule has 0 aliphatic heterocycles. The van der Waals surface area contributed by atoms with Crippen molar-refractivity contribution in [2.45, 2.75) is 58.7 Å². The number of hydrogen-bond acceptors (Lipinski definition) is 4. The number of pyridine rings is 1. The Morgan fingerprint density at radius 3 is 2.45 bits per heavy atom. The molecule has 1 amide bonds. The molecule has 5 nitrogen and oxygen atoms in total. The van der Waals surface area contributed by atoms with Gasteiger partial charge in [0.15, 0.2) is 0 Å². The molecular formula is C33H34BrFN2O3. The number of carbonyl (C=O) groups is 2. The number of benzene rings is 3. The zero-order chi connectivity index (χ0) is 28.6. The molecule has 3 aromatic carbocycles. The van der Waals surface area contributed by atoms with Gasteiger partial charge < -0.3 is 10.1 Å². The Bertz CT molecular complexity index is 1490. The van der Waals surface area contributed by atoms with Crippen LogP contribution in [-0.2, 0) is 9.53 Å². The van der Waals surface area contributed by atoms with Crippen LogP contribution in [0.2, 0.25) is 0 Å². The Labute approximate surface area is 243 Å². The Hall–Kier alpha value is -3.58. The van der Waals surface area contributed by atoms with Crippen LogP contribution in [0.1, 0.15) is 65.6 Å². The average molecular weight is 606 g/mol. The number of alkyl halides is 1. The molecule has 0 aliphatic carbocycles. The molecule has 4 aromatic rings. The quantitative estimate of drug-likeness (QED) is 0.175. The Balaban J connectivity index is 1.62. The normalized spacial score (nSPS) is 12.6. The third-order valence-corrected chi connectivity index (χ3v) is 7.57. The molecule has 7 heteroatoms. The van der Waals surface area contributed by atoms with Crippen LogP contribution in [0.3, 0.4) is 0 Å². The van der Waals surface area contributed by atoms with Crippen molar-refractivity contribution >= 4 is 38.7 Å². The van der Waals surface area contributed by atoms with E-state index in [1.165, 1.54) is 0 Å². The summed E-state index contributed by atoms with van der Waals surface area (Å²) in [4.78, 5) is 31.1. The highest BCUT2D eigenvalue weighted by Gasteiger charge is 2.22. The summed E-state index contributed by atoms with van der Waals surface area (Å²) in [5.74, 6) is -0.942. The zero-order valence-corrected chi connectivity index (χ0v) is 24.6. The smallest absolute Gasteiger partial charge is 0.308 e. The van der Waals surface area contributed by atoms with Crippen LogP contribution in [0, 0.1) is 13.8 Å². The fourth-order valence-electron chi connectivity index (χ4n) is 5.00. The molecule has 4 rings (SSSR count). The van der Waals surface area contributed by atoms with Gasteiger partial charge in [-0.2, -0.15) is 0 Å². The molecule has 1 aromatic heterocycles. The summed E-state index contributed by atoms with van der Waals surface area (Å²) in [5.41, 5.74) is 5.86. The minimum Gasteiger partial charge on any atom is -0.431 e. The summed E-state index contributed by atoms with van der Waals surface area (Å²) in [5, 5.41) is 3.89. The van der Waals surface area contributed by atoms with E-state index in [2.05, 4.69) is 21.2 Å². The number of amides is 1. The van der Waals surface area contributed by atoms with Crippen LogP contribution in [0.15, 0.2) is 77.3 Å². The maximum atomic E-state index is 13.9. The highest BCUT2D eigenvalue weighted by Crippen LogP contribution is 2.32. The number of carbonyl (C=O) groups excluding carboxylic acids is 2. The lowest BCUT2D eigenvalue weighted by atomic mass is 9.90. The van der Waals surface area contributed by atoms with E-state index in [-0.39, 0.29) is 24.7 Å². The van der Waals surface area contributed by atoms with Gasteiger partial charge in [0.05, 0.1) is 16.8 Å². The predicted molar refractivity (Wildman–Crippen MR) is 161 cm³/mol. The molecule has 1 heterocycles. The van der Waals surface area contributed by atoms with Gasteiger partial charge >= 0.3 is 5.97 Å². The molecule has 2 atom stereocenters. The molecule has 0 spiro atoms. The molecule has 0 radical (unpaired) electrons. The Morgan fingerprint density at radius 2 is 1.73 bits per heavy atom. The third-order valence-electron chi connectivity index (χ3n) is 7.07. The van der Waals surface area contributed by atoms with E-state index in [0.29, 0.717) is 24.9 Å². The molecule has 0 saturated carbocycles. The lowest BCUT2D eigenvalue weighted by Crippen LogP contribution is -2.30. The van der Waals surface area contributed by atoms with Crippen LogP contribution >= 0.6 is 15.9 Å². The second-order valence-corrected chi connectivity index (χ2v) is 10.9. The van der Waals surface area contributed by atoms with Crippen molar-refractivity contribution in [1.82, 2.24) is 10.3 Å². The number of esters is 1. The van der Waals surface area contributed by atoms with Gasteiger partial charge in [0.2, 0.25) is 6.36 Å². The molecular weight excluding hydrogens is 571 g/mol. The van der Waals surface area contributed by atoms with Crippen molar-refractivity contribution in [3.05, 3.63) is 99.5 Å². The maximum absolute atomic E-state index is 13.9. The molecule has 1 N–H and O–H groups in total. The number of rotatable bonds is 11. The van der Waals surface area contributed by atoms with Crippen LogP contribution in [-0.4, -0.2) is 29.8 Å². The van der Waals surface area contributed by atoms with Gasteiger partial charge in [0.25, 0.3) is 5.91 Å². The van der Waals surface area contributed by atoms with Gasteiger partial charge in [-0.3, -0.25) is 9.59 Å². The third kappa shape index (κ3) is 7.13. The van der Waals surface area contributed by atoms with E-state index in [1.54, 1.807) is 0 Å². The Kier molecular flexibility index (Phi) is 10.0. The van der Waals surface area contributed by atoms with Crippen molar-refractivity contribution in [3.8, 4) is 11.3 Å². The molecule has 0 bridgehead atoms. The fraction of sp³-hybridized carbons (Fsp3) is 0.303. The van der Waals surface area contributed by atoms with Crippen LogP contribution < -0.4 is 5.32 Å². The zero-order valence-electron chi connectivity index (χ0n) is 23.0. The first-order chi connectivity index (χ1) is 19.3. The molecule has 208 valence electrons. The van der Waals surface area contributed by atoms with Gasteiger partial charge in [-0.25, -0.2) is 9.37 Å². The average Bonchev–Trinajstić information content (AvgIpc) is 2.94. The maximum Gasteiger partial charge on any atom is 0.308 e. The van der Waals surface area contributed by atoms with Crippen LogP contribution in [0.25, 0.3) is 22.2 Å². The predicted octanol–water partition coefficient (Wildman–Crippen LogP) is 8.21.